The number of allylic oxidation sites excluding steroid dienone is 2. The lowest BCUT2D eigenvalue weighted by Crippen LogP contribution is -2.41. The normalized spacial score (nSPS) is 13.1. The first-order valence-corrected chi connectivity index (χ1v) is 37.5. The van der Waals surface area contributed by atoms with E-state index < -0.39 is 44.8 Å². The lowest BCUT2D eigenvalue weighted by molar-refractivity contribution is -0.0500. The minimum absolute atomic E-state index is 0.00822. The molecule has 11 rings (SSSR count). The van der Waals surface area contributed by atoms with Gasteiger partial charge in [-0.15, -0.1) is 6.58 Å². The quantitative estimate of drug-likeness (QED) is 0.0165. The molecule has 116 heavy (non-hydrogen) atoms. The van der Waals surface area contributed by atoms with Crippen molar-refractivity contribution in [2.75, 3.05) is 69.1 Å². The third-order valence-electron chi connectivity index (χ3n) is 16.6. The van der Waals surface area contributed by atoms with Gasteiger partial charge in [-0.3, -0.25) is 0 Å². The van der Waals surface area contributed by atoms with Crippen molar-refractivity contribution >= 4 is 52.7 Å². The minimum Gasteiger partial charge on any atom is -0.508 e. The molecule has 8 aromatic carbocycles. The van der Waals surface area contributed by atoms with E-state index in [0.29, 0.717) is 35.8 Å². The van der Waals surface area contributed by atoms with Gasteiger partial charge in [0.1, 0.15) is 76.8 Å². The number of aliphatic hydroxyl groups is 1. The number of ether oxygens (including phenoxy) is 10. The summed E-state index contributed by atoms with van der Waals surface area (Å²) in [4.78, 5) is 56.9. The molecule has 0 aliphatic carbocycles. The van der Waals surface area contributed by atoms with Gasteiger partial charge in [0.05, 0.1) is 57.9 Å². The van der Waals surface area contributed by atoms with E-state index in [1.54, 1.807) is 60.7 Å². The fourth-order valence-corrected chi connectivity index (χ4v) is 10.1. The molecule has 30 heteroatoms. The molecule has 0 unspecified atom stereocenters. The van der Waals surface area contributed by atoms with Crippen molar-refractivity contribution in [3.63, 3.8) is 0 Å². The number of aliphatic hydroxyl groups excluding tert-OH is 1. The van der Waals surface area contributed by atoms with E-state index in [1.165, 1.54) is 90.5 Å². The van der Waals surface area contributed by atoms with Gasteiger partial charge >= 0.3 is 52.6 Å². The van der Waals surface area contributed by atoms with Crippen LogP contribution in [0.4, 0.5) is 13.2 Å². The van der Waals surface area contributed by atoms with Crippen LogP contribution in [0.15, 0.2) is 201 Å². The number of carbonyl (C=O) groups is 5. The average Bonchev–Trinajstić information content (AvgIpc) is 1.60. The maximum absolute atomic E-state index is 12.5. The summed E-state index contributed by atoms with van der Waals surface area (Å²) in [6.07, 6.45) is 5.11. The van der Waals surface area contributed by atoms with Crippen LogP contribution in [0, 0.1) is 0 Å². The minimum atomic E-state index is -5.96. The number of alkyl halides is 3. The number of phenolic OH excluding ortho intramolecular Hbond substituents is 4. The van der Waals surface area contributed by atoms with Crippen LogP contribution in [0.3, 0.4) is 0 Å². The SMILES string of the molecule is C1CCOC1.C1CCOC1.C=C(C)B1OC(C)(C)C(C)(C)O1.C=C(C)c1cc(OCc2ccccc2)ccc1C(=O)OC.CO.COC(=O)c1ccc(O)cc1C(C)C.COC(=O)c1ccc(O)cc1O.COC(=O)c1ccc(OCc2ccccc2)cc1O.COC(=O)c1ccc(OCc2ccccc2)cc1OS(=O)(=O)C(F)(F)F. The summed E-state index contributed by atoms with van der Waals surface area (Å²) in [5, 5.41) is 44.0. The van der Waals surface area contributed by atoms with Crippen LogP contribution in [0.5, 0.6) is 46.0 Å². The standard InChI is InChI=1S/C18H18O3.C16H13F3O6S.C15H14O4.C11H14O3.C9H17BO2.C8H8O4.2C4H8O.CH4O/c1-13(2)17-11-15(9-10-16(17)18(19)20-3)21-12-14-7-5-4-6-8-14;1-23-15(20)13-8-7-12(24-10-11-5-3-2-4-6-11)9-14(13)25-26(21,22)16(17,18)19;1-18-15(17)13-8-7-12(9-14(13)16)19-10-11-5-3-2-4-6-11;1-7(2)10-6-8(12)4-5-9(10)11(13)14-3;1-7(2)10-11-8(3,4)9(5,6)12-10;1-12-8(11)6-3-2-5(9)4-7(6)10;2*1-2-4-5-3-1;1-2/h4-11H,1,12H2,2-3H3;2-9H,10H2,1H3;2-9,16H,10H2,1H3;4-7,12H,1-3H3;1H2,2-6H3;2-4,9-10H,1H3;2*1-4H2;2H,1H3. The molecular weight excluding hydrogens is 1530 g/mol. The summed E-state index contributed by atoms with van der Waals surface area (Å²) in [7, 11) is 0.982. The Bertz CT molecular complexity index is 4470. The van der Waals surface area contributed by atoms with Crippen molar-refractivity contribution in [3.05, 3.63) is 256 Å². The first-order chi connectivity index (χ1) is 54.9. The summed E-state index contributed by atoms with van der Waals surface area (Å²) in [5.74, 6) is -2.85. The summed E-state index contributed by atoms with van der Waals surface area (Å²) < 4.78 is 125. The van der Waals surface area contributed by atoms with Crippen LogP contribution in [-0.2, 0) is 72.4 Å². The summed E-state index contributed by atoms with van der Waals surface area (Å²) in [6.45, 7) is 28.5. The maximum Gasteiger partial charge on any atom is 0.534 e. The molecule has 0 atom stereocenters. The van der Waals surface area contributed by atoms with Gasteiger partial charge in [-0.05, 0) is 174 Å². The van der Waals surface area contributed by atoms with Gasteiger partial charge in [-0.25, -0.2) is 24.0 Å². The third-order valence-corrected chi connectivity index (χ3v) is 17.5. The molecule has 0 spiro atoms. The number of esters is 5. The highest BCUT2D eigenvalue weighted by Crippen LogP contribution is 2.39. The number of hydrogen-bond acceptors (Lipinski definition) is 25. The number of hydrogen-bond donors (Lipinski definition) is 5. The zero-order valence-corrected chi connectivity index (χ0v) is 68.4. The second-order valence-corrected chi connectivity index (χ2v) is 27.8. The van der Waals surface area contributed by atoms with Crippen molar-refractivity contribution in [2.24, 2.45) is 0 Å². The number of halogens is 3. The Hall–Kier alpha value is -11.4. The molecule has 0 radical (unpaired) electrons. The van der Waals surface area contributed by atoms with Crippen LogP contribution < -0.4 is 18.4 Å². The molecule has 0 aromatic heterocycles. The van der Waals surface area contributed by atoms with Crippen molar-refractivity contribution in [1.29, 1.82) is 0 Å². The molecule has 3 saturated heterocycles. The van der Waals surface area contributed by atoms with Crippen molar-refractivity contribution in [1.82, 2.24) is 0 Å². The number of phenols is 4. The summed E-state index contributed by atoms with van der Waals surface area (Å²) >= 11 is 0. The molecule has 628 valence electrons. The fraction of sp³-hybridized carbons (Fsp3) is 0.337. The Balaban J connectivity index is 0.000000355. The number of carbonyl (C=O) groups excluding carboxylic acids is 5. The zero-order chi connectivity index (χ0) is 86.8. The lowest BCUT2D eigenvalue weighted by Gasteiger charge is -2.32. The largest absolute Gasteiger partial charge is 0.534 e. The second-order valence-electron chi connectivity index (χ2n) is 26.3. The number of methoxy groups -OCH3 is 5. The predicted octanol–water partition coefficient (Wildman–Crippen LogP) is 16.7. The van der Waals surface area contributed by atoms with Crippen molar-refractivity contribution in [3.8, 4) is 46.0 Å². The Morgan fingerprint density at radius 2 is 0.784 bits per heavy atom. The predicted molar refractivity (Wildman–Crippen MR) is 431 cm³/mol. The van der Waals surface area contributed by atoms with Crippen molar-refractivity contribution < 1.29 is 132 Å². The van der Waals surface area contributed by atoms with Gasteiger partial charge in [-0.2, -0.15) is 21.6 Å². The lowest BCUT2D eigenvalue weighted by atomic mass is 9.81. The highest BCUT2D eigenvalue weighted by molar-refractivity contribution is 7.88. The van der Waals surface area contributed by atoms with E-state index in [0.717, 1.165) is 97.7 Å². The molecule has 3 aliphatic rings. The molecule has 0 saturated carbocycles. The molecular formula is C86H104BF3O25S. The third kappa shape index (κ3) is 33.6. The molecule has 5 N–H and O–H groups in total. The van der Waals surface area contributed by atoms with Crippen LogP contribution >= 0.6 is 0 Å². The molecule has 25 nitrogen and oxygen atoms in total. The zero-order valence-electron chi connectivity index (χ0n) is 67.6. The van der Waals surface area contributed by atoms with E-state index in [-0.39, 0.29) is 82.7 Å². The Labute approximate surface area is 676 Å². The van der Waals surface area contributed by atoms with Gasteiger partial charge in [0, 0.05) is 51.7 Å². The van der Waals surface area contributed by atoms with Crippen LogP contribution in [0.25, 0.3) is 5.57 Å². The first-order valence-electron chi connectivity index (χ1n) is 36.1. The average molecular weight is 1640 g/mol. The Kier molecular flexibility index (Phi) is 42.6. The van der Waals surface area contributed by atoms with Gasteiger partial charge in [0.15, 0.2) is 5.75 Å². The summed E-state index contributed by atoms with van der Waals surface area (Å²) in [6, 6.07) is 49.7. The van der Waals surface area contributed by atoms with Gasteiger partial charge in [0.25, 0.3) is 0 Å². The molecule has 3 aliphatic heterocycles. The van der Waals surface area contributed by atoms with E-state index in [4.69, 9.17) is 53.0 Å². The van der Waals surface area contributed by atoms with Gasteiger partial charge < -0.3 is 86.4 Å². The van der Waals surface area contributed by atoms with Crippen LogP contribution in [0.1, 0.15) is 167 Å². The number of benzene rings is 8. The molecule has 0 amide bonds. The molecule has 3 fully saturated rings. The molecule has 0 bridgehead atoms. The second kappa shape index (κ2) is 50.1. The topological polar surface area (TPSA) is 341 Å². The van der Waals surface area contributed by atoms with E-state index >= 15 is 0 Å². The molecule has 8 aromatic rings. The van der Waals surface area contributed by atoms with Crippen LogP contribution in [-0.4, -0.2) is 157 Å². The first kappa shape index (κ1) is 98.8. The maximum atomic E-state index is 12.5. The highest BCUT2D eigenvalue weighted by atomic mass is 32.2. The Morgan fingerprint density at radius 1 is 0.457 bits per heavy atom. The van der Waals surface area contributed by atoms with E-state index in [2.05, 4.69) is 36.3 Å². The fourth-order valence-electron chi connectivity index (χ4n) is 9.66. The summed E-state index contributed by atoms with van der Waals surface area (Å²) in [5.41, 5.74) is 0.697. The molecule has 3 heterocycles. The highest BCUT2D eigenvalue weighted by Gasteiger charge is 2.51. The van der Waals surface area contributed by atoms with Crippen molar-refractivity contribution in [2.45, 2.75) is 124 Å². The van der Waals surface area contributed by atoms with Gasteiger partial charge in [0.2, 0.25) is 0 Å². The number of aromatic hydroxyl groups is 4. The van der Waals surface area contributed by atoms with Crippen LogP contribution in [0.2, 0.25) is 0 Å². The smallest absolute Gasteiger partial charge is 0.508 e. The number of rotatable bonds is 19. The monoisotopic (exact) mass is 1640 g/mol. The van der Waals surface area contributed by atoms with Gasteiger partial charge in [-0.1, -0.05) is 122 Å². The van der Waals surface area contributed by atoms with E-state index in [1.807, 2.05) is 122 Å². The Morgan fingerprint density at radius 3 is 1.12 bits per heavy atom. The van der Waals surface area contributed by atoms with E-state index in [9.17, 15) is 55.8 Å².